The molecule has 0 saturated heterocycles. The molecule has 0 radical (unpaired) electrons. The number of carbonyl (C=O) groups is 1. The number of benzene rings is 2. The maximum absolute atomic E-state index is 12.5. The summed E-state index contributed by atoms with van der Waals surface area (Å²) in [6, 6.07) is 13.0. The molecule has 1 amide bonds. The quantitative estimate of drug-likeness (QED) is 0.597. The zero-order chi connectivity index (χ0) is 18.3. The maximum atomic E-state index is 12.5. The SMILES string of the molecule is CCNCCNC(=O)c1cccc(S(=O)(=O)Nc2ccc(C)cc2)c1.Cl. The second-order valence-corrected chi connectivity index (χ2v) is 7.29. The minimum atomic E-state index is -3.75. The molecular weight excluding hydrogens is 374 g/mol. The average Bonchev–Trinajstić information content (AvgIpc) is 2.60. The normalized spacial score (nSPS) is 10.7. The van der Waals surface area contributed by atoms with Crippen LogP contribution in [0.5, 0.6) is 0 Å². The highest BCUT2D eigenvalue weighted by atomic mass is 35.5. The molecule has 0 saturated carbocycles. The van der Waals surface area contributed by atoms with Gasteiger partial charge in [0, 0.05) is 24.3 Å². The van der Waals surface area contributed by atoms with Crippen molar-refractivity contribution in [2.24, 2.45) is 0 Å². The molecule has 26 heavy (non-hydrogen) atoms. The second kappa shape index (κ2) is 10.2. The first-order valence-corrected chi connectivity index (χ1v) is 9.59. The Kier molecular flexibility index (Phi) is 8.57. The van der Waals surface area contributed by atoms with Crippen molar-refractivity contribution in [1.82, 2.24) is 10.6 Å². The fourth-order valence-electron chi connectivity index (χ4n) is 2.18. The molecule has 0 bridgehead atoms. The van der Waals surface area contributed by atoms with E-state index in [2.05, 4.69) is 15.4 Å². The fraction of sp³-hybridized carbons (Fsp3) is 0.278. The molecule has 3 N–H and O–H groups in total. The number of anilines is 1. The number of hydrogen-bond acceptors (Lipinski definition) is 4. The monoisotopic (exact) mass is 397 g/mol. The third-order valence-corrected chi connectivity index (χ3v) is 4.93. The molecule has 0 aliphatic rings. The third-order valence-electron chi connectivity index (χ3n) is 3.55. The van der Waals surface area contributed by atoms with Gasteiger partial charge in [0.25, 0.3) is 15.9 Å². The van der Waals surface area contributed by atoms with Gasteiger partial charge in [-0.1, -0.05) is 30.7 Å². The van der Waals surface area contributed by atoms with Gasteiger partial charge in [0.2, 0.25) is 0 Å². The van der Waals surface area contributed by atoms with Crippen molar-refractivity contribution in [1.29, 1.82) is 0 Å². The molecule has 8 heteroatoms. The highest BCUT2D eigenvalue weighted by Crippen LogP contribution is 2.17. The molecular formula is C18H24ClN3O3S. The van der Waals surface area contributed by atoms with Gasteiger partial charge in [-0.05, 0) is 43.8 Å². The average molecular weight is 398 g/mol. The highest BCUT2D eigenvalue weighted by Gasteiger charge is 2.16. The summed E-state index contributed by atoms with van der Waals surface area (Å²) >= 11 is 0. The molecule has 0 spiro atoms. The first-order valence-electron chi connectivity index (χ1n) is 8.11. The number of sulfonamides is 1. The molecule has 142 valence electrons. The number of halogens is 1. The van der Waals surface area contributed by atoms with Crippen molar-refractivity contribution in [3.05, 3.63) is 59.7 Å². The summed E-state index contributed by atoms with van der Waals surface area (Å²) in [5, 5.41) is 5.85. The number of likely N-dealkylation sites (N-methyl/N-ethyl adjacent to an activating group) is 1. The molecule has 0 heterocycles. The summed E-state index contributed by atoms with van der Waals surface area (Å²) in [6.45, 7) is 5.88. The smallest absolute Gasteiger partial charge is 0.261 e. The van der Waals surface area contributed by atoms with E-state index < -0.39 is 10.0 Å². The predicted octanol–water partition coefficient (Wildman–Crippen LogP) is 2.56. The zero-order valence-electron chi connectivity index (χ0n) is 14.8. The Morgan fingerprint density at radius 2 is 1.73 bits per heavy atom. The fourth-order valence-corrected chi connectivity index (χ4v) is 3.29. The van der Waals surface area contributed by atoms with Crippen molar-refractivity contribution in [3.63, 3.8) is 0 Å². The van der Waals surface area contributed by atoms with Crippen LogP contribution in [-0.4, -0.2) is 34.0 Å². The molecule has 2 aromatic carbocycles. The van der Waals surface area contributed by atoms with Crippen LogP contribution >= 0.6 is 12.4 Å². The third kappa shape index (κ3) is 6.33. The van der Waals surface area contributed by atoms with Gasteiger partial charge in [-0.15, -0.1) is 12.4 Å². The van der Waals surface area contributed by atoms with E-state index in [-0.39, 0.29) is 23.2 Å². The first-order chi connectivity index (χ1) is 11.9. The van der Waals surface area contributed by atoms with Crippen LogP contribution in [0.1, 0.15) is 22.8 Å². The van der Waals surface area contributed by atoms with Crippen LogP contribution in [0.15, 0.2) is 53.4 Å². The number of amides is 1. The topological polar surface area (TPSA) is 87.3 Å². The largest absolute Gasteiger partial charge is 0.351 e. The Balaban J connectivity index is 0.00000338. The van der Waals surface area contributed by atoms with Gasteiger partial charge in [-0.3, -0.25) is 9.52 Å². The first kappa shape index (κ1) is 22.0. The number of aryl methyl sites for hydroxylation is 1. The highest BCUT2D eigenvalue weighted by molar-refractivity contribution is 7.92. The Morgan fingerprint density at radius 3 is 2.38 bits per heavy atom. The van der Waals surface area contributed by atoms with Gasteiger partial charge in [-0.2, -0.15) is 0 Å². The molecule has 0 unspecified atom stereocenters. The minimum Gasteiger partial charge on any atom is -0.351 e. The molecule has 0 fully saturated rings. The molecule has 2 rings (SSSR count). The van der Waals surface area contributed by atoms with Crippen molar-refractivity contribution in [2.45, 2.75) is 18.7 Å². The van der Waals surface area contributed by atoms with Crippen LogP contribution in [0.4, 0.5) is 5.69 Å². The molecule has 0 atom stereocenters. The van der Waals surface area contributed by atoms with Gasteiger partial charge >= 0.3 is 0 Å². The molecule has 6 nitrogen and oxygen atoms in total. The lowest BCUT2D eigenvalue weighted by atomic mass is 10.2. The summed E-state index contributed by atoms with van der Waals surface area (Å²) in [6.07, 6.45) is 0. The standard InChI is InChI=1S/C18H23N3O3S.ClH/c1-3-19-11-12-20-18(22)15-5-4-6-17(13-15)25(23,24)21-16-9-7-14(2)8-10-16;/h4-10,13,19,21H,3,11-12H2,1-2H3,(H,20,22);1H. The van der Waals surface area contributed by atoms with Crippen LogP contribution in [0.2, 0.25) is 0 Å². The minimum absolute atomic E-state index is 0. The van der Waals surface area contributed by atoms with Crippen molar-refractivity contribution in [3.8, 4) is 0 Å². The second-order valence-electron chi connectivity index (χ2n) is 5.61. The number of rotatable bonds is 8. The number of carbonyl (C=O) groups excluding carboxylic acids is 1. The number of hydrogen-bond donors (Lipinski definition) is 3. The van der Waals surface area contributed by atoms with E-state index in [0.717, 1.165) is 12.1 Å². The maximum Gasteiger partial charge on any atom is 0.261 e. The van der Waals surface area contributed by atoms with E-state index in [1.165, 1.54) is 12.1 Å². The summed E-state index contributed by atoms with van der Waals surface area (Å²) in [5.74, 6) is -0.301. The molecule has 0 aromatic heterocycles. The van der Waals surface area contributed by atoms with Crippen LogP contribution < -0.4 is 15.4 Å². The Labute approximate surface area is 160 Å². The van der Waals surface area contributed by atoms with Crippen molar-refractivity contribution in [2.75, 3.05) is 24.4 Å². The van der Waals surface area contributed by atoms with E-state index in [4.69, 9.17) is 0 Å². The van der Waals surface area contributed by atoms with Crippen LogP contribution in [0.3, 0.4) is 0 Å². The van der Waals surface area contributed by atoms with E-state index in [1.54, 1.807) is 24.3 Å². The van der Waals surface area contributed by atoms with Crippen molar-refractivity contribution < 1.29 is 13.2 Å². The molecule has 0 aliphatic heterocycles. The van der Waals surface area contributed by atoms with Gasteiger partial charge in [-0.25, -0.2) is 8.42 Å². The van der Waals surface area contributed by atoms with Gasteiger partial charge < -0.3 is 10.6 Å². The number of nitrogens with one attached hydrogen (secondary N) is 3. The summed E-state index contributed by atoms with van der Waals surface area (Å²) in [7, 11) is -3.75. The summed E-state index contributed by atoms with van der Waals surface area (Å²) < 4.78 is 27.5. The Morgan fingerprint density at radius 1 is 1.04 bits per heavy atom. The zero-order valence-corrected chi connectivity index (χ0v) is 16.4. The van der Waals surface area contributed by atoms with E-state index >= 15 is 0 Å². The van der Waals surface area contributed by atoms with E-state index in [0.29, 0.717) is 24.3 Å². The lowest BCUT2D eigenvalue weighted by Gasteiger charge is -2.10. The molecule has 2 aromatic rings. The van der Waals surface area contributed by atoms with Crippen LogP contribution in [0.25, 0.3) is 0 Å². The molecule has 0 aliphatic carbocycles. The lowest BCUT2D eigenvalue weighted by Crippen LogP contribution is -2.31. The predicted molar refractivity (Wildman–Crippen MR) is 107 cm³/mol. The van der Waals surface area contributed by atoms with E-state index in [9.17, 15) is 13.2 Å². The van der Waals surface area contributed by atoms with Crippen LogP contribution in [0, 0.1) is 6.92 Å². The lowest BCUT2D eigenvalue weighted by molar-refractivity contribution is 0.0953. The van der Waals surface area contributed by atoms with Gasteiger partial charge in [0.05, 0.1) is 4.90 Å². The van der Waals surface area contributed by atoms with Gasteiger partial charge in [0.15, 0.2) is 0 Å². The van der Waals surface area contributed by atoms with E-state index in [1.807, 2.05) is 26.0 Å². The summed E-state index contributed by atoms with van der Waals surface area (Å²) in [4.78, 5) is 12.2. The van der Waals surface area contributed by atoms with Gasteiger partial charge in [0.1, 0.15) is 0 Å². The van der Waals surface area contributed by atoms with Crippen LogP contribution in [-0.2, 0) is 10.0 Å². The Bertz CT molecular complexity index is 824. The summed E-state index contributed by atoms with van der Waals surface area (Å²) in [5.41, 5.74) is 1.83. The Hall–Kier alpha value is -2.09. The van der Waals surface area contributed by atoms with Crippen molar-refractivity contribution >= 4 is 34.0 Å².